The normalized spacial score (nSPS) is 12.7. The van der Waals surface area contributed by atoms with Crippen LogP contribution in [0.2, 0.25) is 0 Å². The van der Waals surface area contributed by atoms with Gasteiger partial charge in [0.05, 0.1) is 0 Å². The summed E-state index contributed by atoms with van der Waals surface area (Å²) in [6.07, 6.45) is 5.00. The summed E-state index contributed by atoms with van der Waals surface area (Å²) < 4.78 is 0. The van der Waals surface area contributed by atoms with E-state index in [1.807, 2.05) is 30.4 Å². The van der Waals surface area contributed by atoms with Crippen LogP contribution in [-0.2, 0) is 6.16 Å². The second-order valence-corrected chi connectivity index (χ2v) is 14.3. The molecule has 4 aromatic carbocycles. The first-order valence-corrected chi connectivity index (χ1v) is 14.0. The zero-order valence-corrected chi connectivity index (χ0v) is 19.5. The van der Waals surface area contributed by atoms with Crippen molar-refractivity contribution in [1.82, 2.24) is 0 Å². The Kier molecular flexibility index (Phi) is 6.57. The number of hydrogen-bond donors (Lipinski definition) is 0. The summed E-state index contributed by atoms with van der Waals surface area (Å²) in [5.41, 5.74) is 2.25. The molecule has 3 heteroatoms. The number of benzene rings is 4. The van der Waals surface area contributed by atoms with Crippen LogP contribution in [0.1, 0.15) is 17.5 Å². The van der Waals surface area contributed by atoms with Crippen molar-refractivity contribution in [2.45, 2.75) is 12.6 Å². The van der Waals surface area contributed by atoms with Gasteiger partial charge in [-0.3, -0.25) is 0 Å². The molecule has 0 amide bonds. The third-order valence-electron chi connectivity index (χ3n) is 5.83. The first-order chi connectivity index (χ1) is 15.6. The molecule has 0 aliphatic carbocycles. The Morgan fingerprint density at radius 1 is 0.688 bits per heavy atom. The first-order valence-electron chi connectivity index (χ1n) is 10.7. The molecule has 0 radical (unpaired) electrons. The van der Waals surface area contributed by atoms with Crippen LogP contribution in [0.5, 0.6) is 0 Å². The molecule has 0 N–H and O–H groups in total. The van der Waals surface area contributed by atoms with Crippen LogP contribution >= 0.6 is 17.2 Å². The fourth-order valence-corrected chi connectivity index (χ4v) is 10.5. The molecule has 0 saturated heterocycles. The average Bonchev–Trinajstić information content (AvgIpc) is 2.86. The van der Waals surface area contributed by atoms with Crippen molar-refractivity contribution in [3.63, 3.8) is 0 Å². The third kappa shape index (κ3) is 4.13. The fraction of sp³-hybridized carbons (Fsp3) is 0.0690. The summed E-state index contributed by atoms with van der Waals surface area (Å²) in [4.78, 5) is 0. The maximum atomic E-state index is 8.85. The quantitative estimate of drug-likeness (QED) is 0.282. The molecular weight excluding hydrogens is 429 g/mol. The van der Waals surface area contributed by atoms with Gasteiger partial charge < -0.3 is 0 Å². The monoisotopic (exact) mass is 453 g/mol. The molecule has 0 heterocycles. The molecule has 4 aromatic rings. The molecule has 0 unspecified atom stereocenters. The van der Waals surface area contributed by atoms with Gasteiger partial charge in [0.1, 0.15) is 0 Å². The number of nitriles is 1. The number of allylic oxidation sites excluding steroid dienone is 1. The molecule has 158 valence electrons. The molecule has 0 aliphatic heterocycles. The SMILES string of the molecule is N#CCC=Cc1cccc(CP(Cl)(c2ccccc2)(c2ccccc2)c2ccccc2)c1. The van der Waals surface area contributed by atoms with Gasteiger partial charge in [-0.15, -0.1) is 0 Å². The zero-order chi connectivity index (χ0) is 22.3. The van der Waals surface area contributed by atoms with Crippen molar-refractivity contribution in [2.24, 2.45) is 0 Å². The minimum absolute atomic E-state index is 0.400. The molecule has 32 heavy (non-hydrogen) atoms. The standard InChI is InChI=1S/C29H25ClNP/c30-32(27-16-4-1-5-17-27,28-18-6-2-7-19-28,29-20-8-3-9-21-29)24-26-15-12-14-25(23-26)13-10-11-22-31/h1-10,12-21,23H,11,24H2. The summed E-state index contributed by atoms with van der Waals surface area (Å²) in [7, 11) is 0. The van der Waals surface area contributed by atoms with Crippen LogP contribution in [-0.4, -0.2) is 0 Å². The van der Waals surface area contributed by atoms with Gasteiger partial charge in [-0.05, 0) is 0 Å². The third-order valence-corrected chi connectivity index (χ3v) is 13.0. The van der Waals surface area contributed by atoms with Crippen LogP contribution < -0.4 is 15.9 Å². The van der Waals surface area contributed by atoms with Crippen LogP contribution in [0.4, 0.5) is 0 Å². The van der Waals surface area contributed by atoms with Gasteiger partial charge in [0, 0.05) is 0 Å². The molecule has 0 atom stereocenters. The van der Waals surface area contributed by atoms with E-state index in [1.165, 1.54) is 5.56 Å². The molecule has 1 nitrogen and oxygen atoms in total. The predicted octanol–water partition coefficient (Wildman–Crippen LogP) is 6.80. The molecule has 4 rings (SSSR count). The van der Waals surface area contributed by atoms with Crippen molar-refractivity contribution in [3.05, 3.63) is 132 Å². The second-order valence-electron chi connectivity index (χ2n) is 7.86. The molecule has 0 spiro atoms. The fourth-order valence-electron chi connectivity index (χ4n) is 4.32. The van der Waals surface area contributed by atoms with E-state index in [0.717, 1.165) is 21.5 Å². The van der Waals surface area contributed by atoms with Crippen LogP contribution in [0, 0.1) is 11.3 Å². The van der Waals surface area contributed by atoms with E-state index in [0.29, 0.717) is 12.6 Å². The van der Waals surface area contributed by atoms with Crippen LogP contribution in [0.3, 0.4) is 0 Å². The van der Waals surface area contributed by atoms with E-state index in [1.54, 1.807) is 0 Å². The van der Waals surface area contributed by atoms with Gasteiger partial charge in [-0.1, -0.05) is 0 Å². The molecule has 0 bridgehead atoms. The molecule has 0 fully saturated rings. The molecule has 0 aromatic heterocycles. The number of halogens is 1. The van der Waals surface area contributed by atoms with Crippen molar-refractivity contribution in [2.75, 3.05) is 0 Å². The number of nitrogens with zero attached hydrogens (tertiary/aromatic N) is 1. The van der Waals surface area contributed by atoms with Crippen molar-refractivity contribution in [1.29, 1.82) is 5.26 Å². The summed E-state index contributed by atoms with van der Waals surface area (Å²) >= 11 is 8.16. The number of hydrogen-bond acceptors (Lipinski definition) is 1. The van der Waals surface area contributed by atoms with E-state index < -0.39 is 5.96 Å². The Bertz CT molecular complexity index is 1150. The van der Waals surface area contributed by atoms with Gasteiger partial charge in [-0.2, -0.15) is 0 Å². The Balaban J connectivity index is 1.97. The van der Waals surface area contributed by atoms with E-state index >= 15 is 0 Å². The minimum atomic E-state index is -3.35. The van der Waals surface area contributed by atoms with Gasteiger partial charge in [-0.25, -0.2) is 0 Å². The molecular formula is C29H25ClNP. The van der Waals surface area contributed by atoms with E-state index in [-0.39, 0.29) is 0 Å². The van der Waals surface area contributed by atoms with E-state index in [4.69, 9.17) is 16.5 Å². The zero-order valence-electron chi connectivity index (χ0n) is 17.8. The first kappa shape index (κ1) is 22.0. The Labute approximate surface area is 195 Å². The summed E-state index contributed by atoms with van der Waals surface area (Å²) in [6.45, 7) is 0. The average molecular weight is 454 g/mol. The maximum absolute atomic E-state index is 8.85. The van der Waals surface area contributed by atoms with Crippen molar-refractivity contribution < 1.29 is 0 Å². The molecule has 0 saturated carbocycles. The van der Waals surface area contributed by atoms with Crippen molar-refractivity contribution in [3.8, 4) is 6.07 Å². The van der Waals surface area contributed by atoms with E-state index in [2.05, 4.69) is 103 Å². The second kappa shape index (κ2) is 9.54. The summed E-state index contributed by atoms with van der Waals surface area (Å²) in [5.74, 6) is -3.35. The number of rotatable bonds is 7. The van der Waals surface area contributed by atoms with Crippen LogP contribution in [0.15, 0.2) is 121 Å². The predicted molar refractivity (Wildman–Crippen MR) is 140 cm³/mol. The Morgan fingerprint density at radius 3 is 1.66 bits per heavy atom. The molecule has 0 aliphatic rings. The van der Waals surface area contributed by atoms with E-state index in [9.17, 15) is 0 Å². The Hall–Kier alpha value is -3.17. The van der Waals surface area contributed by atoms with Gasteiger partial charge in [0.25, 0.3) is 0 Å². The van der Waals surface area contributed by atoms with Crippen molar-refractivity contribution >= 4 is 39.2 Å². The Morgan fingerprint density at radius 2 is 1.19 bits per heavy atom. The topological polar surface area (TPSA) is 23.8 Å². The summed E-state index contributed by atoms with van der Waals surface area (Å²) in [5, 5.41) is 12.3. The van der Waals surface area contributed by atoms with Gasteiger partial charge in [0.15, 0.2) is 0 Å². The van der Waals surface area contributed by atoms with Gasteiger partial charge in [0.2, 0.25) is 0 Å². The van der Waals surface area contributed by atoms with Gasteiger partial charge >= 0.3 is 196 Å². The summed E-state index contributed by atoms with van der Waals surface area (Å²) in [6, 6.07) is 42.2. The van der Waals surface area contributed by atoms with Crippen LogP contribution in [0.25, 0.3) is 6.08 Å².